The molecule has 0 aliphatic carbocycles. The normalized spacial score (nSPS) is 10.8. The van der Waals surface area contributed by atoms with E-state index in [1.165, 1.54) is 18.3 Å². The second-order valence-corrected chi connectivity index (χ2v) is 5.09. The summed E-state index contributed by atoms with van der Waals surface area (Å²) in [7, 11) is 1.54. The third-order valence-corrected chi connectivity index (χ3v) is 3.34. The summed E-state index contributed by atoms with van der Waals surface area (Å²) in [5, 5.41) is 3.47. The highest BCUT2D eigenvalue weighted by atomic mass is 79.9. The van der Waals surface area contributed by atoms with Gasteiger partial charge in [0.2, 0.25) is 0 Å². The first-order chi connectivity index (χ1) is 10.1. The number of rotatable bonds is 5. The summed E-state index contributed by atoms with van der Waals surface area (Å²) in [4.78, 5) is 0. The highest BCUT2D eigenvalue weighted by Gasteiger charge is 2.11. The van der Waals surface area contributed by atoms with Gasteiger partial charge < -0.3 is 15.3 Å². The van der Waals surface area contributed by atoms with Crippen LogP contribution in [0, 0.1) is 5.82 Å². The van der Waals surface area contributed by atoms with Crippen molar-refractivity contribution >= 4 is 22.1 Å². The zero-order chi connectivity index (χ0) is 15.2. The van der Waals surface area contributed by atoms with Crippen molar-refractivity contribution in [3.63, 3.8) is 0 Å². The van der Waals surface area contributed by atoms with Crippen molar-refractivity contribution in [1.82, 2.24) is 0 Å². The number of benzene rings is 2. The van der Waals surface area contributed by atoms with Gasteiger partial charge in [0, 0.05) is 0 Å². The molecule has 0 radical (unpaired) electrons. The van der Waals surface area contributed by atoms with E-state index in [9.17, 15) is 4.39 Å². The Balaban J connectivity index is 2.23. The van der Waals surface area contributed by atoms with Gasteiger partial charge in [0.25, 0.3) is 0 Å². The molecule has 2 aromatic carbocycles. The molecule has 0 saturated carbocycles. The van der Waals surface area contributed by atoms with Crippen LogP contribution in [-0.4, -0.2) is 13.3 Å². The van der Waals surface area contributed by atoms with E-state index in [1.807, 2.05) is 0 Å². The van der Waals surface area contributed by atoms with Gasteiger partial charge in [-0.25, -0.2) is 4.39 Å². The quantitative estimate of drug-likeness (QED) is 0.509. The number of nitrogens with zero attached hydrogens (tertiary/aromatic N) is 1. The molecule has 0 fully saturated rings. The van der Waals surface area contributed by atoms with E-state index in [0.29, 0.717) is 16.0 Å². The number of hydrogen-bond acceptors (Lipinski definition) is 4. The molecule has 0 amide bonds. The fourth-order valence-electron chi connectivity index (χ4n) is 1.82. The van der Waals surface area contributed by atoms with Gasteiger partial charge in [0.15, 0.2) is 11.5 Å². The minimum atomic E-state index is -0.295. The molecule has 0 aliphatic heterocycles. The molecular formula is C15H14BrFN2O2. The van der Waals surface area contributed by atoms with Crippen LogP contribution in [0.1, 0.15) is 11.1 Å². The summed E-state index contributed by atoms with van der Waals surface area (Å²) >= 11 is 3.42. The first kappa shape index (κ1) is 15.3. The van der Waals surface area contributed by atoms with Crippen molar-refractivity contribution < 1.29 is 13.9 Å². The average molecular weight is 353 g/mol. The summed E-state index contributed by atoms with van der Waals surface area (Å²) in [6.45, 7) is 0.233. The predicted molar refractivity (Wildman–Crippen MR) is 83.2 cm³/mol. The number of methoxy groups -OCH3 is 1. The fourth-order valence-corrected chi connectivity index (χ4v) is 2.40. The van der Waals surface area contributed by atoms with Gasteiger partial charge in [-0.3, -0.25) is 0 Å². The highest BCUT2D eigenvalue weighted by Crippen LogP contribution is 2.36. The van der Waals surface area contributed by atoms with Crippen molar-refractivity contribution in [1.29, 1.82) is 0 Å². The third kappa shape index (κ3) is 3.95. The zero-order valence-corrected chi connectivity index (χ0v) is 12.9. The van der Waals surface area contributed by atoms with Crippen molar-refractivity contribution in [2.24, 2.45) is 10.9 Å². The van der Waals surface area contributed by atoms with E-state index in [4.69, 9.17) is 15.3 Å². The lowest BCUT2D eigenvalue weighted by molar-refractivity contribution is 0.282. The first-order valence-corrected chi connectivity index (χ1v) is 6.91. The van der Waals surface area contributed by atoms with E-state index in [2.05, 4.69) is 21.0 Å². The largest absolute Gasteiger partial charge is 0.493 e. The maximum absolute atomic E-state index is 13.1. The van der Waals surface area contributed by atoms with E-state index >= 15 is 0 Å². The Hall–Kier alpha value is -2.08. The number of nitrogens with two attached hydrogens (primary N) is 1. The molecule has 0 saturated heterocycles. The predicted octanol–water partition coefficient (Wildman–Crippen LogP) is 3.47. The van der Waals surface area contributed by atoms with Crippen molar-refractivity contribution in [2.75, 3.05) is 7.11 Å². The molecule has 0 atom stereocenters. The molecule has 21 heavy (non-hydrogen) atoms. The number of hydrazone groups is 1. The van der Waals surface area contributed by atoms with Crippen molar-refractivity contribution in [3.8, 4) is 11.5 Å². The van der Waals surface area contributed by atoms with Gasteiger partial charge >= 0.3 is 0 Å². The summed E-state index contributed by atoms with van der Waals surface area (Å²) in [6.07, 6.45) is 1.50. The second-order valence-electron chi connectivity index (χ2n) is 4.23. The van der Waals surface area contributed by atoms with Gasteiger partial charge in [-0.1, -0.05) is 12.1 Å². The average Bonchev–Trinajstić information content (AvgIpc) is 2.46. The number of halogens is 2. The second kappa shape index (κ2) is 7.08. The Morgan fingerprint density at radius 3 is 2.81 bits per heavy atom. The molecule has 2 rings (SSSR count). The maximum Gasteiger partial charge on any atom is 0.175 e. The van der Waals surface area contributed by atoms with E-state index < -0.39 is 0 Å². The molecule has 0 unspecified atom stereocenters. The van der Waals surface area contributed by atoms with Crippen LogP contribution in [0.25, 0.3) is 0 Å². The molecule has 0 bridgehead atoms. The maximum atomic E-state index is 13.1. The van der Waals surface area contributed by atoms with Gasteiger partial charge in [-0.15, -0.1) is 0 Å². The van der Waals surface area contributed by atoms with E-state index in [-0.39, 0.29) is 12.4 Å². The summed E-state index contributed by atoms with van der Waals surface area (Å²) in [5.41, 5.74) is 1.51. The Labute approximate surface area is 130 Å². The molecule has 0 aromatic heterocycles. The van der Waals surface area contributed by atoms with Crippen LogP contribution in [0.5, 0.6) is 11.5 Å². The molecule has 0 heterocycles. The van der Waals surface area contributed by atoms with Crippen LogP contribution in [0.3, 0.4) is 0 Å². The SMILES string of the molecule is COc1cc(C=NN)cc(Br)c1OCc1cccc(F)c1. The zero-order valence-electron chi connectivity index (χ0n) is 11.3. The molecule has 6 heteroatoms. The smallest absolute Gasteiger partial charge is 0.175 e. The number of hydrogen-bond donors (Lipinski definition) is 1. The summed E-state index contributed by atoms with van der Waals surface area (Å²) in [5.74, 6) is 5.92. The molecule has 0 spiro atoms. The molecular weight excluding hydrogens is 339 g/mol. The molecule has 2 N–H and O–H groups in total. The third-order valence-electron chi connectivity index (χ3n) is 2.75. The lowest BCUT2D eigenvalue weighted by Gasteiger charge is -2.13. The van der Waals surface area contributed by atoms with Crippen LogP contribution in [0.4, 0.5) is 4.39 Å². The Morgan fingerprint density at radius 1 is 1.33 bits per heavy atom. The van der Waals surface area contributed by atoms with Crippen LogP contribution < -0.4 is 15.3 Å². The standard InChI is InChI=1S/C15H14BrFN2O2/c1-20-14-7-11(8-19-18)6-13(16)15(14)21-9-10-3-2-4-12(17)5-10/h2-8H,9,18H2,1H3. The van der Waals surface area contributed by atoms with E-state index in [0.717, 1.165) is 11.1 Å². The summed E-state index contributed by atoms with van der Waals surface area (Å²) < 4.78 is 24.9. The molecule has 4 nitrogen and oxygen atoms in total. The molecule has 2 aromatic rings. The topological polar surface area (TPSA) is 56.8 Å². The van der Waals surface area contributed by atoms with Gasteiger partial charge in [0.1, 0.15) is 12.4 Å². The van der Waals surface area contributed by atoms with Gasteiger partial charge in [0.05, 0.1) is 17.8 Å². The van der Waals surface area contributed by atoms with Gasteiger partial charge in [-0.2, -0.15) is 5.10 Å². The minimum absolute atomic E-state index is 0.233. The monoisotopic (exact) mass is 352 g/mol. The highest BCUT2D eigenvalue weighted by molar-refractivity contribution is 9.10. The van der Waals surface area contributed by atoms with Crippen LogP contribution in [0.15, 0.2) is 46.0 Å². The van der Waals surface area contributed by atoms with Crippen molar-refractivity contribution in [3.05, 3.63) is 57.8 Å². The Morgan fingerprint density at radius 2 is 2.14 bits per heavy atom. The lowest BCUT2D eigenvalue weighted by Crippen LogP contribution is -2.00. The summed E-state index contributed by atoms with van der Waals surface area (Å²) in [6, 6.07) is 9.80. The van der Waals surface area contributed by atoms with Crippen LogP contribution >= 0.6 is 15.9 Å². The van der Waals surface area contributed by atoms with Gasteiger partial charge in [-0.05, 0) is 51.3 Å². The van der Waals surface area contributed by atoms with Crippen LogP contribution in [0.2, 0.25) is 0 Å². The van der Waals surface area contributed by atoms with Crippen LogP contribution in [-0.2, 0) is 6.61 Å². The first-order valence-electron chi connectivity index (χ1n) is 6.12. The van der Waals surface area contributed by atoms with E-state index in [1.54, 1.807) is 31.4 Å². The molecule has 110 valence electrons. The lowest BCUT2D eigenvalue weighted by atomic mass is 10.2. The Bertz CT molecular complexity index is 662. The minimum Gasteiger partial charge on any atom is -0.493 e. The Kier molecular flexibility index (Phi) is 5.16. The fraction of sp³-hybridized carbons (Fsp3) is 0.133. The molecule has 0 aliphatic rings. The van der Waals surface area contributed by atoms with Crippen molar-refractivity contribution in [2.45, 2.75) is 6.61 Å². The number of ether oxygens (including phenoxy) is 2.